The Morgan fingerprint density at radius 1 is 1.15 bits per heavy atom. The van der Waals surface area contributed by atoms with Gasteiger partial charge in [0.05, 0.1) is 6.73 Å². The van der Waals surface area contributed by atoms with E-state index in [1.807, 2.05) is 37.2 Å². The second kappa shape index (κ2) is 7.77. The molecular formula is C11H19NO. The van der Waals surface area contributed by atoms with Gasteiger partial charge in [-0.25, -0.2) is 0 Å². The van der Waals surface area contributed by atoms with Crippen molar-refractivity contribution in [2.75, 3.05) is 27.9 Å². The average molecular weight is 181 g/mol. The topological polar surface area (TPSA) is 12.5 Å². The van der Waals surface area contributed by atoms with E-state index in [1.165, 1.54) is 5.56 Å². The minimum Gasteiger partial charge on any atom is -0.369 e. The van der Waals surface area contributed by atoms with Crippen molar-refractivity contribution in [2.45, 2.75) is 6.92 Å². The van der Waals surface area contributed by atoms with E-state index in [0.717, 1.165) is 0 Å². The molecule has 0 aliphatic rings. The number of hydrogen-bond acceptors (Lipinski definition) is 2. The molecule has 1 rings (SSSR count). The van der Waals surface area contributed by atoms with Gasteiger partial charge in [-0.15, -0.1) is 0 Å². The highest BCUT2D eigenvalue weighted by atomic mass is 16.5. The van der Waals surface area contributed by atoms with E-state index >= 15 is 0 Å². The van der Waals surface area contributed by atoms with Crippen molar-refractivity contribution in [1.82, 2.24) is 4.90 Å². The second-order valence-electron chi connectivity index (χ2n) is 3.15. The summed E-state index contributed by atoms with van der Waals surface area (Å²) in [5, 5.41) is 0. The number of aryl methyl sites for hydroxylation is 1. The SMILES string of the molecule is COCN(C)C.Cc1ccccc1. The first kappa shape index (κ1) is 12.1. The van der Waals surface area contributed by atoms with Crippen molar-refractivity contribution in [3.63, 3.8) is 0 Å². The third-order valence-electron chi connectivity index (χ3n) is 1.33. The Labute approximate surface area is 81.1 Å². The summed E-state index contributed by atoms with van der Waals surface area (Å²) in [6.07, 6.45) is 0. The van der Waals surface area contributed by atoms with Gasteiger partial charge >= 0.3 is 0 Å². The highest BCUT2D eigenvalue weighted by molar-refractivity contribution is 5.11. The van der Waals surface area contributed by atoms with Crippen LogP contribution in [-0.2, 0) is 4.74 Å². The molecule has 74 valence electrons. The molecule has 0 bridgehead atoms. The summed E-state index contributed by atoms with van der Waals surface area (Å²) in [4.78, 5) is 1.96. The van der Waals surface area contributed by atoms with Crippen LogP contribution in [0.4, 0.5) is 0 Å². The molecule has 0 unspecified atom stereocenters. The van der Waals surface area contributed by atoms with Crippen LogP contribution in [0.1, 0.15) is 5.56 Å². The van der Waals surface area contributed by atoms with Crippen LogP contribution in [0, 0.1) is 6.92 Å². The molecule has 13 heavy (non-hydrogen) atoms. The summed E-state index contributed by atoms with van der Waals surface area (Å²) in [7, 11) is 5.60. The molecule has 0 radical (unpaired) electrons. The highest BCUT2D eigenvalue weighted by Crippen LogP contribution is 1.92. The van der Waals surface area contributed by atoms with E-state index in [-0.39, 0.29) is 0 Å². The number of nitrogens with zero attached hydrogens (tertiary/aromatic N) is 1. The van der Waals surface area contributed by atoms with E-state index in [9.17, 15) is 0 Å². The molecule has 0 heterocycles. The van der Waals surface area contributed by atoms with Gasteiger partial charge in [-0.2, -0.15) is 0 Å². The fourth-order valence-corrected chi connectivity index (χ4v) is 0.793. The number of rotatable bonds is 2. The predicted molar refractivity (Wildman–Crippen MR) is 56.7 cm³/mol. The summed E-state index contributed by atoms with van der Waals surface area (Å²) in [6.45, 7) is 2.79. The summed E-state index contributed by atoms with van der Waals surface area (Å²) in [5.41, 5.74) is 1.32. The van der Waals surface area contributed by atoms with E-state index in [0.29, 0.717) is 6.73 Å². The van der Waals surface area contributed by atoms with E-state index < -0.39 is 0 Å². The van der Waals surface area contributed by atoms with E-state index in [2.05, 4.69) is 19.1 Å². The molecule has 2 heteroatoms. The van der Waals surface area contributed by atoms with Crippen LogP contribution in [-0.4, -0.2) is 32.8 Å². The van der Waals surface area contributed by atoms with Crippen LogP contribution in [0.15, 0.2) is 30.3 Å². The maximum atomic E-state index is 4.73. The number of ether oxygens (including phenoxy) is 1. The van der Waals surface area contributed by atoms with Crippen molar-refractivity contribution >= 4 is 0 Å². The standard InChI is InChI=1S/C7H8.C4H11NO/c1-7-5-3-2-4-6-7;1-5(2)4-6-3/h2-6H,1H3;4H2,1-3H3. The van der Waals surface area contributed by atoms with Gasteiger partial charge in [0.15, 0.2) is 0 Å². The van der Waals surface area contributed by atoms with Gasteiger partial charge in [-0.05, 0) is 21.0 Å². The van der Waals surface area contributed by atoms with Crippen molar-refractivity contribution < 1.29 is 4.74 Å². The number of benzene rings is 1. The Hall–Kier alpha value is -0.860. The third-order valence-corrected chi connectivity index (χ3v) is 1.33. The lowest BCUT2D eigenvalue weighted by molar-refractivity contribution is 0.0994. The van der Waals surface area contributed by atoms with Crippen molar-refractivity contribution in [3.05, 3.63) is 35.9 Å². The molecule has 0 N–H and O–H groups in total. The molecule has 0 aliphatic heterocycles. The predicted octanol–water partition coefficient (Wildman–Crippen LogP) is 2.15. The molecule has 0 aliphatic carbocycles. The average Bonchev–Trinajstić information content (AvgIpc) is 2.06. The first-order valence-electron chi connectivity index (χ1n) is 4.32. The first-order chi connectivity index (χ1) is 6.16. The molecule has 0 saturated heterocycles. The molecule has 1 aromatic rings. The molecule has 0 atom stereocenters. The Morgan fingerprint density at radius 3 is 1.85 bits per heavy atom. The number of methoxy groups -OCH3 is 1. The summed E-state index contributed by atoms with van der Waals surface area (Å²) >= 11 is 0. The lowest BCUT2D eigenvalue weighted by atomic mass is 10.2. The quantitative estimate of drug-likeness (QED) is 0.648. The molecule has 0 spiro atoms. The zero-order valence-corrected chi connectivity index (χ0v) is 8.95. The lowest BCUT2D eigenvalue weighted by Gasteiger charge is -2.04. The summed E-state index contributed by atoms with van der Waals surface area (Å²) < 4.78 is 4.73. The van der Waals surface area contributed by atoms with E-state index in [1.54, 1.807) is 7.11 Å². The zero-order chi connectivity index (χ0) is 10.1. The Balaban J connectivity index is 0.000000226. The fourth-order valence-electron chi connectivity index (χ4n) is 0.793. The van der Waals surface area contributed by atoms with Crippen LogP contribution >= 0.6 is 0 Å². The second-order valence-corrected chi connectivity index (χ2v) is 3.15. The van der Waals surface area contributed by atoms with Crippen molar-refractivity contribution in [2.24, 2.45) is 0 Å². The molecule has 0 fully saturated rings. The summed E-state index contributed by atoms with van der Waals surface area (Å²) in [5.74, 6) is 0. The maximum absolute atomic E-state index is 4.73. The molecule has 0 saturated carbocycles. The summed E-state index contributed by atoms with van der Waals surface area (Å²) in [6, 6.07) is 10.3. The largest absolute Gasteiger partial charge is 0.369 e. The fraction of sp³-hybridized carbons (Fsp3) is 0.455. The van der Waals surface area contributed by atoms with Gasteiger partial charge in [0.2, 0.25) is 0 Å². The first-order valence-corrected chi connectivity index (χ1v) is 4.32. The minimum absolute atomic E-state index is 0.708. The minimum atomic E-state index is 0.708. The Bertz CT molecular complexity index is 197. The van der Waals surface area contributed by atoms with Crippen LogP contribution in [0.25, 0.3) is 0 Å². The molecule has 0 amide bonds. The van der Waals surface area contributed by atoms with Gasteiger partial charge in [0.1, 0.15) is 0 Å². The Kier molecular flexibility index (Phi) is 7.26. The van der Waals surface area contributed by atoms with Gasteiger partial charge in [0.25, 0.3) is 0 Å². The normalized spacial score (nSPS) is 9.31. The Morgan fingerprint density at radius 2 is 1.69 bits per heavy atom. The molecule has 2 nitrogen and oxygen atoms in total. The van der Waals surface area contributed by atoms with Gasteiger partial charge in [-0.3, -0.25) is 4.90 Å². The van der Waals surface area contributed by atoms with Crippen LogP contribution < -0.4 is 0 Å². The van der Waals surface area contributed by atoms with Crippen LogP contribution in [0.3, 0.4) is 0 Å². The smallest absolute Gasteiger partial charge is 0.0981 e. The third kappa shape index (κ3) is 9.05. The maximum Gasteiger partial charge on any atom is 0.0981 e. The lowest BCUT2D eigenvalue weighted by Crippen LogP contribution is -2.13. The molecular weight excluding hydrogens is 162 g/mol. The van der Waals surface area contributed by atoms with Crippen molar-refractivity contribution in [3.8, 4) is 0 Å². The van der Waals surface area contributed by atoms with Crippen LogP contribution in [0.2, 0.25) is 0 Å². The zero-order valence-electron chi connectivity index (χ0n) is 8.95. The van der Waals surface area contributed by atoms with Crippen molar-refractivity contribution in [1.29, 1.82) is 0 Å². The number of hydrogen-bond donors (Lipinski definition) is 0. The molecule has 0 aromatic heterocycles. The van der Waals surface area contributed by atoms with Gasteiger partial charge < -0.3 is 4.74 Å². The van der Waals surface area contributed by atoms with Gasteiger partial charge in [-0.1, -0.05) is 35.9 Å². The van der Waals surface area contributed by atoms with Gasteiger partial charge in [0, 0.05) is 7.11 Å². The molecule has 1 aromatic carbocycles. The monoisotopic (exact) mass is 181 g/mol. The highest BCUT2D eigenvalue weighted by Gasteiger charge is 1.78. The van der Waals surface area contributed by atoms with E-state index in [4.69, 9.17) is 4.74 Å². The van der Waals surface area contributed by atoms with Crippen LogP contribution in [0.5, 0.6) is 0 Å².